The second-order valence-electron chi connectivity index (χ2n) is 7.91. The summed E-state index contributed by atoms with van der Waals surface area (Å²) in [4.78, 5) is 12.1. The average Bonchev–Trinajstić information content (AvgIpc) is 2.64. The van der Waals surface area contributed by atoms with Crippen LogP contribution in [0.5, 0.6) is 5.75 Å². The third kappa shape index (κ3) is 7.70. The third-order valence-corrected chi connectivity index (χ3v) is 6.17. The zero-order valence-corrected chi connectivity index (χ0v) is 18.1. The van der Waals surface area contributed by atoms with Crippen LogP contribution in [0.15, 0.2) is 24.3 Å². The SMILES string of the molecule is CC(C)Oc1ccc(N(CCCC(=O)NCC2CCCCC2)S(C)(=O)=O)cc1. The summed E-state index contributed by atoms with van der Waals surface area (Å²) in [6, 6.07) is 7.01. The minimum absolute atomic E-state index is 0.000272. The van der Waals surface area contributed by atoms with E-state index in [9.17, 15) is 13.2 Å². The van der Waals surface area contributed by atoms with Crippen molar-refractivity contribution >= 4 is 21.6 Å². The number of hydrogen-bond donors (Lipinski definition) is 1. The Labute approximate surface area is 169 Å². The molecular formula is C21H34N2O4S. The molecule has 7 heteroatoms. The summed E-state index contributed by atoms with van der Waals surface area (Å²) < 4.78 is 31.3. The maximum Gasteiger partial charge on any atom is 0.232 e. The van der Waals surface area contributed by atoms with Gasteiger partial charge in [-0.15, -0.1) is 0 Å². The molecule has 0 aromatic heterocycles. The lowest BCUT2D eigenvalue weighted by atomic mass is 9.89. The minimum atomic E-state index is -3.42. The maximum absolute atomic E-state index is 12.2. The number of sulfonamides is 1. The van der Waals surface area contributed by atoms with E-state index in [4.69, 9.17) is 4.74 Å². The van der Waals surface area contributed by atoms with Gasteiger partial charge in [-0.1, -0.05) is 19.3 Å². The summed E-state index contributed by atoms with van der Waals surface area (Å²) >= 11 is 0. The topological polar surface area (TPSA) is 75.7 Å². The van der Waals surface area contributed by atoms with Crippen LogP contribution in [0, 0.1) is 5.92 Å². The number of hydrogen-bond acceptors (Lipinski definition) is 4. The molecule has 0 bridgehead atoms. The highest BCUT2D eigenvalue weighted by Crippen LogP contribution is 2.24. The van der Waals surface area contributed by atoms with Gasteiger partial charge in [0.15, 0.2) is 0 Å². The Balaban J connectivity index is 1.84. The van der Waals surface area contributed by atoms with Gasteiger partial charge >= 0.3 is 0 Å². The van der Waals surface area contributed by atoms with Crippen molar-refractivity contribution in [3.63, 3.8) is 0 Å². The Hall–Kier alpha value is -1.76. The van der Waals surface area contributed by atoms with Crippen molar-refractivity contribution in [1.29, 1.82) is 0 Å². The molecule has 0 saturated heterocycles. The van der Waals surface area contributed by atoms with Crippen molar-refractivity contribution in [2.24, 2.45) is 5.92 Å². The van der Waals surface area contributed by atoms with Gasteiger partial charge in [0, 0.05) is 19.5 Å². The number of amides is 1. The van der Waals surface area contributed by atoms with E-state index >= 15 is 0 Å². The molecule has 158 valence electrons. The van der Waals surface area contributed by atoms with Crippen LogP contribution >= 0.6 is 0 Å². The van der Waals surface area contributed by atoms with Gasteiger partial charge in [0.1, 0.15) is 5.75 Å². The molecule has 0 radical (unpaired) electrons. The van der Waals surface area contributed by atoms with E-state index in [-0.39, 0.29) is 18.6 Å². The zero-order valence-electron chi connectivity index (χ0n) is 17.3. The lowest BCUT2D eigenvalue weighted by Crippen LogP contribution is -2.33. The van der Waals surface area contributed by atoms with Gasteiger partial charge in [-0.2, -0.15) is 0 Å². The number of nitrogens with zero attached hydrogens (tertiary/aromatic N) is 1. The highest BCUT2D eigenvalue weighted by molar-refractivity contribution is 7.92. The van der Waals surface area contributed by atoms with Gasteiger partial charge in [0.2, 0.25) is 15.9 Å². The second kappa shape index (κ2) is 10.7. The molecule has 0 heterocycles. The van der Waals surface area contributed by atoms with Gasteiger partial charge in [-0.3, -0.25) is 9.10 Å². The van der Waals surface area contributed by atoms with Crippen molar-refractivity contribution in [2.45, 2.75) is 64.9 Å². The molecule has 28 heavy (non-hydrogen) atoms. The Morgan fingerprint density at radius 1 is 1.18 bits per heavy atom. The molecule has 1 aromatic carbocycles. The fourth-order valence-corrected chi connectivity index (χ4v) is 4.54. The molecule has 0 atom stereocenters. The number of nitrogens with one attached hydrogen (secondary N) is 1. The molecule has 1 aliphatic rings. The van der Waals surface area contributed by atoms with Crippen LogP contribution in [0.2, 0.25) is 0 Å². The summed E-state index contributed by atoms with van der Waals surface area (Å²) in [5.41, 5.74) is 0.584. The first-order valence-corrected chi connectivity index (χ1v) is 12.1. The number of ether oxygens (including phenoxy) is 1. The van der Waals surface area contributed by atoms with Crippen LogP contribution in [-0.2, 0) is 14.8 Å². The van der Waals surface area contributed by atoms with E-state index < -0.39 is 10.0 Å². The molecule has 1 fully saturated rings. The normalized spacial score (nSPS) is 15.4. The smallest absolute Gasteiger partial charge is 0.232 e. The number of rotatable bonds is 10. The van der Waals surface area contributed by atoms with Gasteiger partial charge < -0.3 is 10.1 Å². The highest BCUT2D eigenvalue weighted by atomic mass is 32.2. The van der Waals surface area contributed by atoms with Crippen molar-refractivity contribution < 1.29 is 17.9 Å². The Kier molecular flexibility index (Phi) is 8.60. The summed E-state index contributed by atoms with van der Waals surface area (Å²) in [5, 5.41) is 3.01. The van der Waals surface area contributed by atoms with E-state index in [1.165, 1.54) is 42.7 Å². The average molecular weight is 411 g/mol. The first kappa shape index (κ1) is 22.5. The molecular weight excluding hydrogens is 376 g/mol. The Morgan fingerprint density at radius 2 is 1.82 bits per heavy atom. The first-order chi connectivity index (χ1) is 13.3. The lowest BCUT2D eigenvalue weighted by molar-refractivity contribution is -0.121. The fourth-order valence-electron chi connectivity index (χ4n) is 3.57. The molecule has 1 aliphatic carbocycles. The Morgan fingerprint density at radius 3 is 2.39 bits per heavy atom. The molecule has 2 rings (SSSR count). The second-order valence-corrected chi connectivity index (χ2v) is 9.81. The molecule has 0 spiro atoms. The van der Waals surface area contributed by atoms with Crippen LogP contribution < -0.4 is 14.4 Å². The molecule has 1 aromatic rings. The fraction of sp³-hybridized carbons (Fsp3) is 0.667. The molecule has 1 amide bonds. The third-order valence-electron chi connectivity index (χ3n) is 4.97. The standard InChI is InChI=1S/C21H34N2O4S/c1-17(2)27-20-13-11-19(12-14-20)23(28(3,25)26)15-7-10-21(24)22-16-18-8-5-4-6-9-18/h11-14,17-18H,4-10,15-16H2,1-3H3,(H,22,24). The highest BCUT2D eigenvalue weighted by Gasteiger charge is 2.18. The van der Waals surface area contributed by atoms with E-state index in [2.05, 4.69) is 5.32 Å². The number of carbonyl (C=O) groups excluding carboxylic acids is 1. The van der Waals surface area contributed by atoms with Crippen molar-refractivity contribution in [2.75, 3.05) is 23.7 Å². The monoisotopic (exact) mass is 410 g/mol. The molecule has 0 unspecified atom stereocenters. The van der Waals surface area contributed by atoms with Crippen LogP contribution in [0.1, 0.15) is 58.8 Å². The number of carbonyl (C=O) groups is 1. The summed E-state index contributed by atoms with van der Waals surface area (Å²) in [7, 11) is -3.42. The van der Waals surface area contributed by atoms with Crippen LogP contribution in [0.4, 0.5) is 5.69 Å². The minimum Gasteiger partial charge on any atom is -0.491 e. The van der Waals surface area contributed by atoms with Crippen LogP contribution in [0.3, 0.4) is 0 Å². The van der Waals surface area contributed by atoms with E-state index in [0.29, 0.717) is 30.2 Å². The quantitative estimate of drug-likeness (QED) is 0.638. The van der Waals surface area contributed by atoms with E-state index in [1.807, 2.05) is 13.8 Å². The zero-order chi connectivity index (χ0) is 20.6. The molecule has 1 N–H and O–H groups in total. The number of benzene rings is 1. The van der Waals surface area contributed by atoms with Crippen molar-refractivity contribution in [1.82, 2.24) is 5.32 Å². The number of anilines is 1. The van der Waals surface area contributed by atoms with Crippen LogP contribution in [-0.4, -0.2) is 39.8 Å². The summed E-state index contributed by atoms with van der Waals surface area (Å²) in [6.07, 6.45) is 8.25. The predicted molar refractivity (Wildman–Crippen MR) is 113 cm³/mol. The Bertz CT molecular complexity index is 710. The molecule has 0 aliphatic heterocycles. The van der Waals surface area contributed by atoms with Gasteiger partial charge in [0.25, 0.3) is 0 Å². The van der Waals surface area contributed by atoms with E-state index in [0.717, 1.165) is 6.54 Å². The molecule has 6 nitrogen and oxygen atoms in total. The van der Waals surface area contributed by atoms with Crippen molar-refractivity contribution in [3.8, 4) is 5.75 Å². The van der Waals surface area contributed by atoms with Crippen molar-refractivity contribution in [3.05, 3.63) is 24.3 Å². The first-order valence-electron chi connectivity index (χ1n) is 10.3. The molecule has 1 saturated carbocycles. The van der Waals surface area contributed by atoms with E-state index in [1.54, 1.807) is 24.3 Å². The largest absolute Gasteiger partial charge is 0.491 e. The van der Waals surface area contributed by atoms with Gasteiger partial charge in [-0.25, -0.2) is 8.42 Å². The summed E-state index contributed by atoms with van der Waals surface area (Å²) in [5.74, 6) is 1.30. The lowest BCUT2D eigenvalue weighted by Gasteiger charge is -2.23. The van der Waals surface area contributed by atoms with Gasteiger partial charge in [0.05, 0.1) is 18.0 Å². The predicted octanol–water partition coefficient (Wildman–Crippen LogP) is 3.72. The summed E-state index contributed by atoms with van der Waals surface area (Å²) in [6.45, 7) is 4.90. The van der Waals surface area contributed by atoms with Gasteiger partial charge in [-0.05, 0) is 63.3 Å². The maximum atomic E-state index is 12.2. The van der Waals surface area contributed by atoms with Crippen LogP contribution in [0.25, 0.3) is 0 Å².